The molecule has 3 aliphatic rings. The number of likely N-dealkylation sites (N-methyl/N-ethyl adjacent to an activating group) is 1. The summed E-state index contributed by atoms with van der Waals surface area (Å²) in [5.41, 5.74) is 7.41. The lowest BCUT2D eigenvalue weighted by Gasteiger charge is -2.37. The summed E-state index contributed by atoms with van der Waals surface area (Å²) in [5, 5.41) is 1.31. The molecule has 2 aromatic carbocycles. The molecule has 1 unspecified atom stereocenters. The summed E-state index contributed by atoms with van der Waals surface area (Å²) in [6.07, 6.45) is 7.70. The minimum atomic E-state index is -0.746. The molecule has 43 heavy (non-hydrogen) atoms. The van der Waals surface area contributed by atoms with Gasteiger partial charge in [0.15, 0.2) is 0 Å². The fraction of sp³-hybridized carbons (Fsp3) is 0.382. The Morgan fingerprint density at radius 2 is 1.72 bits per heavy atom. The van der Waals surface area contributed by atoms with E-state index in [1.807, 2.05) is 37.7 Å². The summed E-state index contributed by atoms with van der Waals surface area (Å²) in [6, 6.07) is 19.1. The average Bonchev–Trinajstić information content (AvgIpc) is 3.52. The largest absolute Gasteiger partial charge is 0.616 e. The molecule has 0 radical (unpaired) electrons. The highest BCUT2D eigenvalue weighted by molar-refractivity contribution is 7.91. The van der Waals surface area contributed by atoms with Gasteiger partial charge in [0.1, 0.15) is 10.9 Å². The number of likely N-dealkylation sites (tertiary alicyclic amines) is 2. The highest BCUT2D eigenvalue weighted by Crippen LogP contribution is 2.53. The maximum atomic E-state index is 13.9. The number of benzene rings is 2. The monoisotopic (exact) mass is 595 g/mol. The second-order valence-electron chi connectivity index (χ2n) is 12.2. The van der Waals surface area contributed by atoms with E-state index in [4.69, 9.17) is 4.98 Å². The third-order valence-corrected chi connectivity index (χ3v) is 11.3. The van der Waals surface area contributed by atoms with Gasteiger partial charge in [-0.05, 0) is 29.5 Å². The second-order valence-corrected chi connectivity index (χ2v) is 13.9. The van der Waals surface area contributed by atoms with Crippen molar-refractivity contribution in [3.63, 3.8) is 0 Å². The van der Waals surface area contributed by atoms with Gasteiger partial charge in [0.2, 0.25) is 12.3 Å². The van der Waals surface area contributed by atoms with Gasteiger partial charge < -0.3 is 19.3 Å². The molecule has 9 heteroatoms. The van der Waals surface area contributed by atoms with Crippen LogP contribution in [0.3, 0.4) is 0 Å². The molecule has 1 N–H and O–H groups in total. The molecule has 0 saturated carbocycles. The molecule has 2 amide bonds. The molecule has 5 heterocycles. The zero-order chi connectivity index (χ0) is 29.7. The smallest absolute Gasteiger partial charge is 0.237 e. The number of carbonyl (C=O) groups is 2. The third kappa shape index (κ3) is 4.74. The summed E-state index contributed by atoms with van der Waals surface area (Å²) >= 11 is -0.746. The van der Waals surface area contributed by atoms with Crippen LogP contribution in [-0.4, -0.2) is 81.4 Å². The molecule has 222 valence electrons. The lowest BCUT2D eigenvalue weighted by Crippen LogP contribution is -2.47. The van der Waals surface area contributed by atoms with Gasteiger partial charge in [-0.3, -0.25) is 14.5 Å². The van der Waals surface area contributed by atoms with Crippen LogP contribution >= 0.6 is 0 Å². The molecule has 2 saturated heterocycles. The normalized spacial score (nSPS) is 19.7. The lowest BCUT2D eigenvalue weighted by atomic mass is 9.72. The van der Waals surface area contributed by atoms with Crippen LogP contribution in [0.4, 0.5) is 5.69 Å². The standard InChI is InChI=1S/C34H37N5O3S/c1-37-27-20-35-32-29(30(27)34(33(37)41)14-18-39(22-40)19-15-34)28(24-6-4-3-5-7-24)31(36-32)25-10-8-23(9-11-25)21-38-16-12-26(13-17-38)43(2)42/h3-11,20,22,26H,12-19,21H2,1-2H3,(H,35,36). The topological polar surface area (TPSA) is 95.6 Å². The Labute approximate surface area is 255 Å². The molecule has 1 spiro atoms. The van der Waals surface area contributed by atoms with Crippen molar-refractivity contribution in [1.82, 2.24) is 19.8 Å². The van der Waals surface area contributed by atoms with E-state index in [1.54, 1.807) is 9.80 Å². The van der Waals surface area contributed by atoms with Crippen LogP contribution in [0, 0.1) is 0 Å². The van der Waals surface area contributed by atoms with Crippen molar-refractivity contribution in [3.8, 4) is 22.4 Å². The first-order valence-electron chi connectivity index (χ1n) is 15.1. The van der Waals surface area contributed by atoms with E-state index in [1.165, 1.54) is 5.56 Å². The SMILES string of the molecule is CN1C(=O)C2(CCN(C=O)CC2)c2c1cnc1[nH]c(-c3ccc(CN4CCC([S+](C)[O-])CC4)cc3)c(-c3ccccc3)c21. The summed E-state index contributed by atoms with van der Waals surface area (Å²) in [6.45, 7) is 3.94. The van der Waals surface area contributed by atoms with E-state index in [-0.39, 0.29) is 5.91 Å². The maximum absolute atomic E-state index is 13.9. The Balaban J connectivity index is 1.30. The van der Waals surface area contributed by atoms with Crippen molar-refractivity contribution in [3.05, 3.63) is 71.9 Å². The third-order valence-electron chi connectivity index (χ3n) is 9.87. The van der Waals surface area contributed by atoms with Crippen LogP contribution in [0.15, 0.2) is 60.8 Å². The first-order chi connectivity index (χ1) is 20.9. The fourth-order valence-corrected chi connectivity index (χ4v) is 8.32. The second kappa shape index (κ2) is 11.1. The van der Waals surface area contributed by atoms with E-state index in [2.05, 4.69) is 46.3 Å². The Hall–Kier alpha value is -3.66. The number of nitrogens with one attached hydrogen (secondary N) is 1. The van der Waals surface area contributed by atoms with E-state index < -0.39 is 16.6 Å². The molecule has 8 nitrogen and oxygen atoms in total. The highest BCUT2D eigenvalue weighted by atomic mass is 32.2. The van der Waals surface area contributed by atoms with E-state index in [0.717, 1.165) is 83.6 Å². The Kier molecular flexibility index (Phi) is 7.27. The van der Waals surface area contributed by atoms with Gasteiger partial charge in [0.25, 0.3) is 0 Å². The minimum absolute atomic E-state index is 0.0858. The molecule has 7 rings (SSSR count). The number of amides is 2. The number of hydrogen-bond acceptors (Lipinski definition) is 5. The van der Waals surface area contributed by atoms with E-state index in [0.29, 0.717) is 31.2 Å². The number of aromatic amines is 1. The number of H-pyrrole nitrogens is 1. The quantitative estimate of drug-likeness (QED) is 0.258. The number of nitrogens with zero attached hydrogens (tertiary/aromatic N) is 4. The molecule has 1 atom stereocenters. The Morgan fingerprint density at radius 3 is 2.37 bits per heavy atom. The van der Waals surface area contributed by atoms with Crippen LogP contribution in [0.5, 0.6) is 0 Å². The van der Waals surface area contributed by atoms with Crippen LogP contribution in [0.2, 0.25) is 0 Å². The van der Waals surface area contributed by atoms with Crippen molar-refractivity contribution in [2.75, 3.05) is 44.4 Å². The number of fused-ring (bicyclic) bond motifs is 4. The minimum Gasteiger partial charge on any atom is -0.616 e. The van der Waals surface area contributed by atoms with Gasteiger partial charge in [-0.25, -0.2) is 4.98 Å². The van der Waals surface area contributed by atoms with E-state index >= 15 is 0 Å². The Morgan fingerprint density at radius 1 is 1.02 bits per heavy atom. The van der Waals surface area contributed by atoms with Crippen molar-refractivity contribution >= 4 is 40.2 Å². The van der Waals surface area contributed by atoms with Gasteiger partial charge >= 0.3 is 0 Å². The number of hydrogen-bond donors (Lipinski definition) is 1. The highest BCUT2D eigenvalue weighted by Gasteiger charge is 2.52. The summed E-state index contributed by atoms with van der Waals surface area (Å²) in [7, 11) is 1.84. The number of anilines is 1. The van der Waals surface area contributed by atoms with Crippen molar-refractivity contribution < 1.29 is 14.1 Å². The van der Waals surface area contributed by atoms with Gasteiger partial charge in [-0.2, -0.15) is 0 Å². The zero-order valence-electron chi connectivity index (χ0n) is 24.7. The number of pyridine rings is 1. The van der Waals surface area contributed by atoms with Crippen LogP contribution in [0.25, 0.3) is 33.4 Å². The molecular weight excluding hydrogens is 558 g/mol. The summed E-state index contributed by atoms with van der Waals surface area (Å²) in [5.74, 6) is 0.0858. The number of carbonyl (C=O) groups excluding carboxylic acids is 2. The van der Waals surface area contributed by atoms with Gasteiger partial charge in [-0.15, -0.1) is 0 Å². The number of aromatic nitrogens is 2. The first kappa shape index (κ1) is 28.1. The predicted octanol–water partition coefficient (Wildman–Crippen LogP) is 4.71. The van der Waals surface area contributed by atoms with E-state index in [9.17, 15) is 14.1 Å². The van der Waals surface area contributed by atoms with Crippen LogP contribution in [0.1, 0.15) is 36.8 Å². The molecule has 4 aromatic rings. The maximum Gasteiger partial charge on any atom is 0.237 e. The lowest BCUT2D eigenvalue weighted by molar-refractivity contribution is -0.127. The predicted molar refractivity (Wildman–Crippen MR) is 171 cm³/mol. The van der Waals surface area contributed by atoms with Gasteiger partial charge in [0, 0.05) is 69.1 Å². The average molecular weight is 596 g/mol. The number of piperidine rings is 2. The van der Waals surface area contributed by atoms with Crippen molar-refractivity contribution in [2.45, 2.75) is 42.9 Å². The van der Waals surface area contributed by atoms with Gasteiger partial charge in [-0.1, -0.05) is 65.8 Å². The molecule has 2 aromatic heterocycles. The molecule has 0 aliphatic carbocycles. The Bertz CT molecular complexity index is 1650. The van der Waals surface area contributed by atoms with Gasteiger partial charge in [0.05, 0.1) is 29.2 Å². The van der Waals surface area contributed by atoms with Crippen LogP contribution in [-0.2, 0) is 32.7 Å². The molecular formula is C34H37N5O3S. The zero-order valence-corrected chi connectivity index (χ0v) is 25.5. The first-order valence-corrected chi connectivity index (χ1v) is 16.7. The molecule has 2 fully saturated rings. The summed E-state index contributed by atoms with van der Waals surface area (Å²) in [4.78, 5) is 39.9. The van der Waals surface area contributed by atoms with Crippen molar-refractivity contribution in [1.29, 1.82) is 0 Å². The van der Waals surface area contributed by atoms with Crippen molar-refractivity contribution in [2.24, 2.45) is 0 Å². The van der Waals surface area contributed by atoms with Crippen LogP contribution < -0.4 is 4.90 Å². The molecule has 0 bridgehead atoms. The fourth-order valence-electron chi connectivity index (χ4n) is 7.44. The number of rotatable bonds is 6. The molecule has 3 aliphatic heterocycles. The summed E-state index contributed by atoms with van der Waals surface area (Å²) < 4.78 is 11.9.